The molecule has 2 aromatic carbocycles. The van der Waals surface area contributed by atoms with Gasteiger partial charge in [-0.1, -0.05) is 104 Å². The first-order chi connectivity index (χ1) is 10.9. The Morgan fingerprint density at radius 3 is 1.70 bits per heavy atom. The predicted molar refractivity (Wildman–Crippen MR) is 110 cm³/mol. The zero-order valence-corrected chi connectivity index (χ0v) is 16.3. The van der Waals surface area contributed by atoms with Crippen molar-refractivity contribution in [3.8, 4) is 0 Å². The molecule has 0 fully saturated rings. The van der Waals surface area contributed by atoms with E-state index < -0.39 is 0 Å². The lowest BCUT2D eigenvalue weighted by atomic mass is 10.2. The van der Waals surface area contributed by atoms with E-state index in [1.807, 2.05) is 22.9 Å². The predicted octanol–water partition coefficient (Wildman–Crippen LogP) is 6.15. The highest BCUT2D eigenvalue weighted by atomic mass is 33.1. The summed E-state index contributed by atoms with van der Waals surface area (Å²) in [5.74, 6) is 0. The SMILES string of the molecule is CC(C)(C)SSC(=S)N(Cc1ccccc1)Cc1ccccc1. The Labute approximate surface area is 153 Å². The van der Waals surface area contributed by atoms with Crippen molar-refractivity contribution in [2.75, 3.05) is 0 Å². The quantitative estimate of drug-likeness (QED) is 0.463. The zero-order chi connectivity index (χ0) is 16.7. The van der Waals surface area contributed by atoms with Crippen molar-refractivity contribution in [1.29, 1.82) is 0 Å². The molecule has 0 saturated heterocycles. The average molecular weight is 362 g/mol. The van der Waals surface area contributed by atoms with Gasteiger partial charge in [0.25, 0.3) is 0 Å². The normalized spacial score (nSPS) is 11.3. The van der Waals surface area contributed by atoms with Crippen LogP contribution in [0.2, 0.25) is 0 Å². The molecule has 0 aliphatic heterocycles. The fourth-order valence-electron chi connectivity index (χ4n) is 2.01. The molecule has 0 bridgehead atoms. The third-order valence-electron chi connectivity index (χ3n) is 3.05. The first-order valence-corrected chi connectivity index (χ1v) is 10.2. The van der Waals surface area contributed by atoms with E-state index in [0.717, 1.165) is 17.4 Å². The molecule has 23 heavy (non-hydrogen) atoms. The molecule has 2 aromatic rings. The fraction of sp³-hybridized carbons (Fsp3) is 0.316. The summed E-state index contributed by atoms with van der Waals surface area (Å²) in [6, 6.07) is 21.0. The Morgan fingerprint density at radius 1 is 0.870 bits per heavy atom. The highest BCUT2D eigenvalue weighted by Gasteiger charge is 2.17. The van der Waals surface area contributed by atoms with Crippen LogP contribution in [0.15, 0.2) is 60.7 Å². The maximum atomic E-state index is 5.71. The van der Waals surface area contributed by atoms with E-state index in [1.165, 1.54) is 11.1 Å². The molecule has 0 amide bonds. The van der Waals surface area contributed by atoms with Crippen molar-refractivity contribution in [1.82, 2.24) is 4.90 Å². The van der Waals surface area contributed by atoms with Gasteiger partial charge in [-0.3, -0.25) is 0 Å². The first kappa shape index (κ1) is 18.4. The fourth-order valence-corrected chi connectivity index (χ4v) is 4.28. The molecular formula is C19H23NS3. The smallest absolute Gasteiger partial charge is 0.147 e. The molecule has 0 aliphatic carbocycles. The summed E-state index contributed by atoms with van der Waals surface area (Å²) in [6.07, 6.45) is 0. The van der Waals surface area contributed by atoms with Gasteiger partial charge < -0.3 is 4.90 Å². The molecule has 2 rings (SSSR count). The number of benzene rings is 2. The van der Waals surface area contributed by atoms with Crippen LogP contribution in [-0.2, 0) is 13.1 Å². The van der Waals surface area contributed by atoms with Crippen molar-refractivity contribution < 1.29 is 0 Å². The van der Waals surface area contributed by atoms with Gasteiger partial charge in [-0.25, -0.2) is 0 Å². The standard InChI is InChI=1S/C19H23NS3/c1-19(2,3)23-22-18(21)20(14-16-10-6-4-7-11-16)15-17-12-8-5-9-13-17/h4-13H,14-15H2,1-3H3. The van der Waals surface area contributed by atoms with E-state index in [9.17, 15) is 0 Å². The second kappa shape index (κ2) is 8.76. The minimum atomic E-state index is 0.194. The van der Waals surface area contributed by atoms with E-state index in [1.54, 1.807) is 10.8 Å². The van der Waals surface area contributed by atoms with Gasteiger partial charge in [-0.05, 0) is 21.9 Å². The van der Waals surface area contributed by atoms with Gasteiger partial charge in [0, 0.05) is 17.8 Å². The van der Waals surface area contributed by atoms with E-state index in [0.29, 0.717) is 0 Å². The van der Waals surface area contributed by atoms with Crippen molar-refractivity contribution in [3.63, 3.8) is 0 Å². The molecule has 0 unspecified atom stereocenters. The lowest BCUT2D eigenvalue weighted by molar-refractivity contribution is 0.421. The summed E-state index contributed by atoms with van der Waals surface area (Å²) >= 11 is 5.71. The summed E-state index contributed by atoms with van der Waals surface area (Å²) in [5, 5.41) is 0. The molecule has 4 heteroatoms. The second-order valence-corrected chi connectivity index (χ2v) is 9.96. The molecule has 0 heterocycles. The van der Waals surface area contributed by atoms with E-state index >= 15 is 0 Å². The number of nitrogens with zero attached hydrogens (tertiary/aromatic N) is 1. The van der Waals surface area contributed by atoms with Crippen LogP contribution in [0.5, 0.6) is 0 Å². The van der Waals surface area contributed by atoms with Crippen LogP contribution >= 0.6 is 33.8 Å². The largest absolute Gasteiger partial charge is 0.348 e. The van der Waals surface area contributed by atoms with E-state index in [-0.39, 0.29) is 4.75 Å². The number of rotatable bonds is 5. The van der Waals surface area contributed by atoms with Crippen molar-refractivity contribution in [2.45, 2.75) is 38.6 Å². The Bertz CT molecular complexity index is 564. The van der Waals surface area contributed by atoms with Gasteiger partial charge in [0.15, 0.2) is 0 Å². The highest BCUT2D eigenvalue weighted by Crippen LogP contribution is 2.37. The van der Waals surface area contributed by atoms with Gasteiger partial charge in [0.05, 0.1) is 0 Å². The van der Waals surface area contributed by atoms with Gasteiger partial charge in [-0.15, -0.1) is 0 Å². The molecule has 0 aromatic heterocycles. The topological polar surface area (TPSA) is 3.24 Å². The molecule has 1 nitrogen and oxygen atoms in total. The van der Waals surface area contributed by atoms with Gasteiger partial charge in [0.1, 0.15) is 4.32 Å². The van der Waals surface area contributed by atoms with Crippen LogP contribution in [0.3, 0.4) is 0 Å². The highest BCUT2D eigenvalue weighted by molar-refractivity contribution is 8.84. The zero-order valence-electron chi connectivity index (χ0n) is 13.9. The Hall–Kier alpha value is -0.970. The van der Waals surface area contributed by atoms with Crippen molar-refractivity contribution in [3.05, 3.63) is 71.8 Å². The lowest BCUT2D eigenvalue weighted by Crippen LogP contribution is -2.26. The summed E-state index contributed by atoms with van der Waals surface area (Å²) in [5.41, 5.74) is 2.57. The molecule has 0 saturated carbocycles. The van der Waals surface area contributed by atoms with Gasteiger partial charge >= 0.3 is 0 Å². The van der Waals surface area contributed by atoms with E-state index in [4.69, 9.17) is 12.2 Å². The summed E-state index contributed by atoms with van der Waals surface area (Å²) in [7, 11) is 3.53. The number of hydrogen-bond acceptors (Lipinski definition) is 3. The molecule has 0 atom stereocenters. The van der Waals surface area contributed by atoms with Crippen LogP contribution < -0.4 is 0 Å². The van der Waals surface area contributed by atoms with E-state index in [2.05, 4.69) is 74.2 Å². The molecule has 0 aliphatic rings. The molecule has 0 spiro atoms. The maximum Gasteiger partial charge on any atom is 0.147 e. The minimum absolute atomic E-state index is 0.194. The average Bonchev–Trinajstić information content (AvgIpc) is 2.53. The minimum Gasteiger partial charge on any atom is -0.348 e. The molecular weight excluding hydrogens is 338 g/mol. The summed E-state index contributed by atoms with van der Waals surface area (Å²) in [4.78, 5) is 2.28. The summed E-state index contributed by atoms with van der Waals surface area (Å²) < 4.78 is 1.14. The van der Waals surface area contributed by atoms with Crippen LogP contribution in [0, 0.1) is 0 Å². The van der Waals surface area contributed by atoms with Crippen LogP contribution in [-0.4, -0.2) is 14.0 Å². The van der Waals surface area contributed by atoms with Crippen molar-refractivity contribution in [2.24, 2.45) is 0 Å². The lowest BCUT2D eigenvalue weighted by Gasteiger charge is -2.26. The molecule has 0 radical (unpaired) electrons. The molecule has 122 valence electrons. The summed E-state index contributed by atoms with van der Waals surface area (Å²) in [6.45, 7) is 8.32. The van der Waals surface area contributed by atoms with Crippen LogP contribution in [0.25, 0.3) is 0 Å². The Kier molecular flexibility index (Phi) is 7.00. The first-order valence-electron chi connectivity index (χ1n) is 7.66. The van der Waals surface area contributed by atoms with Crippen molar-refractivity contribution >= 4 is 38.1 Å². The van der Waals surface area contributed by atoms with Crippen LogP contribution in [0.1, 0.15) is 31.9 Å². The second-order valence-electron chi connectivity index (χ2n) is 6.37. The monoisotopic (exact) mass is 361 g/mol. The van der Waals surface area contributed by atoms with Crippen LogP contribution in [0.4, 0.5) is 0 Å². The third kappa shape index (κ3) is 6.98. The van der Waals surface area contributed by atoms with Gasteiger partial charge in [0.2, 0.25) is 0 Å². The number of thiocarbonyl (C=S) groups is 1. The third-order valence-corrected chi connectivity index (χ3v) is 7.09. The molecule has 0 N–H and O–H groups in total. The Morgan fingerprint density at radius 2 is 1.30 bits per heavy atom. The Balaban J connectivity index is 2.08. The maximum absolute atomic E-state index is 5.71. The number of hydrogen-bond donors (Lipinski definition) is 0. The van der Waals surface area contributed by atoms with Gasteiger partial charge in [-0.2, -0.15) is 0 Å².